The molecule has 0 amide bonds. The Bertz CT molecular complexity index is 970. The minimum Gasteiger partial charge on any atom is -0.436 e. The van der Waals surface area contributed by atoms with Crippen molar-refractivity contribution in [2.75, 3.05) is 5.32 Å². The maximum Gasteiger partial charge on any atom is 0.227 e. The summed E-state index contributed by atoms with van der Waals surface area (Å²) in [5, 5.41) is 20.3. The molecule has 0 bridgehead atoms. The number of rotatable bonds is 3. The molecule has 1 aromatic heterocycles. The third-order valence-corrected chi connectivity index (χ3v) is 3.39. The Labute approximate surface area is 133 Å². The smallest absolute Gasteiger partial charge is 0.227 e. The summed E-state index contributed by atoms with van der Waals surface area (Å²) in [4.78, 5) is 4.50. The van der Waals surface area contributed by atoms with E-state index in [-0.39, 0.29) is 5.57 Å². The maximum atomic E-state index is 8.72. The highest BCUT2D eigenvalue weighted by molar-refractivity contribution is 5.80. The minimum atomic E-state index is 0.00302. The van der Waals surface area contributed by atoms with Gasteiger partial charge in [-0.05, 0) is 30.7 Å². The number of allylic oxidation sites excluding steroid dienone is 1. The third kappa shape index (κ3) is 2.90. The van der Waals surface area contributed by atoms with Gasteiger partial charge in [0.1, 0.15) is 23.2 Å². The van der Waals surface area contributed by atoms with Crippen LogP contribution in [0.2, 0.25) is 0 Å². The third-order valence-electron chi connectivity index (χ3n) is 3.39. The van der Waals surface area contributed by atoms with E-state index in [1.807, 2.05) is 43.3 Å². The number of aryl methyl sites for hydroxylation is 1. The van der Waals surface area contributed by atoms with Crippen LogP contribution in [-0.4, -0.2) is 4.98 Å². The first-order chi connectivity index (χ1) is 11.2. The Kier molecular flexibility index (Phi) is 3.78. The van der Waals surface area contributed by atoms with Crippen molar-refractivity contribution in [3.8, 4) is 23.6 Å². The van der Waals surface area contributed by atoms with Crippen molar-refractivity contribution in [3.63, 3.8) is 0 Å². The normalized spacial score (nSPS) is 9.87. The van der Waals surface area contributed by atoms with Gasteiger partial charge < -0.3 is 9.73 Å². The fraction of sp³-hybridized carbons (Fsp3) is 0.0556. The summed E-state index contributed by atoms with van der Waals surface area (Å²) in [7, 11) is 0. The molecule has 2 aromatic carbocycles. The number of hydrogen-bond acceptors (Lipinski definition) is 5. The van der Waals surface area contributed by atoms with Crippen molar-refractivity contribution in [3.05, 3.63) is 59.8 Å². The molecule has 0 atom stereocenters. The van der Waals surface area contributed by atoms with Crippen LogP contribution >= 0.6 is 0 Å². The van der Waals surface area contributed by atoms with Crippen LogP contribution in [0, 0.1) is 29.6 Å². The average molecular weight is 300 g/mol. The second-order valence-electron chi connectivity index (χ2n) is 4.94. The summed E-state index contributed by atoms with van der Waals surface area (Å²) in [5.41, 5.74) is 4.15. The number of aromatic nitrogens is 1. The second kappa shape index (κ2) is 6.05. The van der Waals surface area contributed by atoms with Crippen molar-refractivity contribution < 1.29 is 4.42 Å². The number of hydrogen-bond donors (Lipinski definition) is 1. The number of nitriles is 2. The Balaban J connectivity index is 1.96. The van der Waals surface area contributed by atoms with Gasteiger partial charge in [0.25, 0.3) is 0 Å². The van der Waals surface area contributed by atoms with E-state index in [9.17, 15) is 0 Å². The molecule has 0 fully saturated rings. The van der Waals surface area contributed by atoms with Gasteiger partial charge in [0.15, 0.2) is 5.58 Å². The van der Waals surface area contributed by atoms with Crippen molar-refractivity contribution in [2.45, 2.75) is 6.92 Å². The lowest BCUT2D eigenvalue weighted by Crippen LogP contribution is -1.89. The highest BCUT2D eigenvalue weighted by atomic mass is 16.3. The van der Waals surface area contributed by atoms with Crippen LogP contribution < -0.4 is 5.32 Å². The lowest BCUT2D eigenvalue weighted by molar-refractivity contribution is 0.619. The zero-order chi connectivity index (χ0) is 16.2. The summed E-state index contributed by atoms with van der Waals surface area (Å²) < 4.78 is 5.83. The van der Waals surface area contributed by atoms with Crippen molar-refractivity contribution in [1.82, 2.24) is 4.98 Å². The van der Waals surface area contributed by atoms with Crippen molar-refractivity contribution in [2.24, 2.45) is 0 Å². The summed E-state index contributed by atoms with van der Waals surface area (Å²) >= 11 is 0. The quantitative estimate of drug-likeness (QED) is 0.734. The lowest BCUT2D eigenvalue weighted by atomic mass is 10.1. The Morgan fingerprint density at radius 3 is 2.70 bits per heavy atom. The van der Waals surface area contributed by atoms with E-state index < -0.39 is 0 Å². The lowest BCUT2D eigenvalue weighted by Gasteiger charge is -1.99. The van der Waals surface area contributed by atoms with Gasteiger partial charge in [-0.1, -0.05) is 18.2 Å². The molecular weight excluding hydrogens is 288 g/mol. The molecule has 5 heteroatoms. The monoisotopic (exact) mass is 300 g/mol. The molecule has 0 aliphatic carbocycles. The first-order valence-corrected chi connectivity index (χ1v) is 6.95. The predicted molar refractivity (Wildman–Crippen MR) is 87.1 cm³/mol. The van der Waals surface area contributed by atoms with Gasteiger partial charge in [-0.3, -0.25) is 0 Å². The molecule has 0 unspecified atom stereocenters. The molecule has 23 heavy (non-hydrogen) atoms. The van der Waals surface area contributed by atoms with E-state index in [2.05, 4.69) is 10.3 Å². The van der Waals surface area contributed by atoms with Gasteiger partial charge in [-0.15, -0.1) is 0 Å². The highest BCUT2D eigenvalue weighted by Gasteiger charge is 2.10. The van der Waals surface area contributed by atoms with Crippen LogP contribution in [0.25, 0.3) is 22.6 Å². The molecular formula is C18H12N4O. The Morgan fingerprint density at radius 1 is 1.17 bits per heavy atom. The van der Waals surface area contributed by atoms with E-state index in [0.717, 1.165) is 16.6 Å². The molecule has 1 heterocycles. The largest absolute Gasteiger partial charge is 0.436 e. The Hall–Kier alpha value is -3.57. The molecule has 0 aliphatic heterocycles. The fourth-order valence-corrected chi connectivity index (χ4v) is 2.19. The predicted octanol–water partition coefficient (Wildman–Crippen LogP) is 4.15. The maximum absolute atomic E-state index is 8.72. The van der Waals surface area contributed by atoms with Crippen LogP contribution in [0.5, 0.6) is 0 Å². The van der Waals surface area contributed by atoms with Crippen LogP contribution in [0.1, 0.15) is 5.56 Å². The molecule has 0 saturated heterocycles. The molecule has 1 N–H and O–H groups in total. The summed E-state index contributed by atoms with van der Waals surface area (Å²) in [5.74, 6) is 0.570. The molecule has 3 rings (SSSR count). The molecule has 0 saturated carbocycles. The number of anilines is 1. The molecule has 5 nitrogen and oxygen atoms in total. The first-order valence-electron chi connectivity index (χ1n) is 6.95. The molecule has 3 aromatic rings. The Morgan fingerprint density at radius 2 is 1.96 bits per heavy atom. The average Bonchev–Trinajstić information content (AvgIpc) is 2.99. The fourth-order valence-electron chi connectivity index (χ4n) is 2.19. The molecule has 110 valence electrons. The highest BCUT2D eigenvalue weighted by Crippen LogP contribution is 2.28. The van der Waals surface area contributed by atoms with Gasteiger partial charge >= 0.3 is 0 Å². The van der Waals surface area contributed by atoms with Gasteiger partial charge in [-0.2, -0.15) is 10.5 Å². The molecule has 0 aliphatic rings. The number of oxazole rings is 1. The van der Waals surface area contributed by atoms with E-state index >= 15 is 0 Å². The van der Waals surface area contributed by atoms with Gasteiger partial charge in [-0.25, -0.2) is 4.98 Å². The van der Waals surface area contributed by atoms with Gasteiger partial charge in [0.05, 0.1) is 0 Å². The van der Waals surface area contributed by atoms with E-state index in [0.29, 0.717) is 17.2 Å². The van der Waals surface area contributed by atoms with Crippen LogP contribution in [-0.2, 0) is 0 Å². The van der Waals surface area contributed by atoms with E-state index in [1.165, 1.54) is 6.20 Å². The number of fused-ring (bicyclic) bond motifs is 1. The van der Waals surface area contributed by atoms with Crippen molar-refractivity contribution in [1.29, 1.82) is 10.5 Å². The van der Waals surface area contributed by atoms with Crippen LogP contribution in [0.4, 0.5) is 5.69 Å². The standard InChI is InChI=1S/C18H12N4O/c1-12-4-2-3-5-15(12)18-22-16-7-6-14(8-17(16)23-18)21-11-13(9-19)10-20/h2-8,11,21H,1H3. The zero-order valence-corrected chi connectivity index (χ0v) is 12.4. The number of nitrogens with one attached hydrogen (secondary N) is 1. The molecule has 0 spiro atoms. The van der Waals surface area contributed by atoms with Crippen LogP contribution in [0.3, 0.4) is 0 Å². The summed E-state index contributed by atoms with van der Waals surface area (Å²) in [6.07, 6.45) is 1.36. The van der Waals surface area contributed by atoms with Gasteiger partial charge in [0.2, 0.25) is 5.89 Å². The van der Waals surface area contributed by atoms with E-state index in [4.69, 9.17) is 14.9 Å². The van der Waals surface area contributed by atoms with Gasteiger partial charge in [0, 0.05) is 23.5 Å². The van der Waals surface area contributed by atoms with E-state index in [1.54, 1.807) is 18.2 Å². The zero-order valence-electron chi connectivity index (χ0n) is 12.4. The number of nitrogens with zero attached hydrogens (tertiary/aromatic N) is 3. The summed E-state index contributed by atoms with van der Waals surface area (Å²) in [6.45, 7) is 2.01. The minimum absolute atomic E-state index is 0.00302. The molecule has 0 radical (unpaired) electrons. The summed E-state index contributed by atoms with van der Waals surface area (Å²) in [6, 6.07) is 16.9. The number of benzene rings is 2. The van der Waals surface area contributed by atoms with Crippen LogP contribution in [0.15, 0.2) is 58.7 Å². The van der Waals surface area contributed by atoms with Crippen molar-refractivity contribution >= 4 is 16.8 Å². The second-order valence-corrected chi connectivity index (χ2v) is 4.94. The first kappa shape index (κ1) is 14.4. The SMILES string of the molecule is Cc1ccccc1-c1nc2ccc(NC=C(C#N)C#N)cc2o1. The topological polar surface area (TPSA) is 85.6 Å².